The van der Waals surface area contributed by atoms with E-state index in [0.717, 1.165) is 0 Å². The summed E-state index contributed by atoms with van der Waals surface area (Å²) >= 11 is 0. The van der Waals surface area contributed by atoms with E-state index in [1.54, 1.807) is 0 Å². The highest BCUT2D eigenvalue weighted by molar-refractivity contribution is 5.78. The molecule has 1 atom stereocenters. The van der Waals surface area contributed by atoms with Gasteiger partial charge in [0.25, 0.3) is 0 Å². The van der Waals surface area contributed by atoms with Crippen molar-refractivity contribution in [1.29, 1.82) is 0 Å². The van der Waals surface area contributed by atoms with Crippen LogP contribution >= 0.6 is 0 Å². The second-order valence-electron chi connectivity index (χ2n) is 2.71. The number of hydrogen-bond acceptors (Lipinski definition) is 3. The van der Waals surface area contributed by atoms with Gasteiger partial charge in [-0.2, -0.15) is 0 Å². The molecule has 0 aliphatic rings. The van der Waals surface area contributed by atoms with Gasteiger partial charge in [0, 0.05) is 19.4 Å². The summed E-state index contributed by atoms with van der Waals surface area (Å²) < 4.78 is 4.47. The molecule has 0 saturated heterocycles. The summed E-state index contributed by atoms with van der Waals surface area (Å²) in [6, 6.07) is -0.451. The van der Waals surface area contributed by atoms with Gasteiger partial charge in [-0.25, -0.2) is 4.79 Å². The molecule has 0 fully saturated rings. The van der Waals surface area contributed by atoms with Crippen LogP contribution < -0.4 is 11.1 Å². The van der Waals surface area contributed by atoms with E-state index in [-0.39, 0.29) is 11.9 Å². The van der Waals surface area contributed by atoms with Gasteiger partial charge in [0.15, 0.2) is 6.04 Å². The third kappa shape index (κ3) is 5.19. The molecule has 76 valence electrons. The number of carbonyl (C=O) groups is 2. The number of esters is 1. The van der Waals surface area contributed by atoms with Gasteiger partial charge in [-0.15, -0.1) is 0 Å². The number of hydrogen-bond donors (Lipinski definition) is 2. The van der Waals surface area contributed by atoms with Crippen molar-refractivity contribution in [3.05, 3.63) is 0 Å². The second kappa shape index (κ2) is 6.42. The summed E-state index contributed by atoms with van der Waals surface area (Å²) in [4.78, 5) is 21.8. The number of rotatable bonds is 5. The molecule has 5 heteroatoms. The van der Waals surface area contributed by atoms with Crippen molar-refractivity contribution < 1.29 is 20.1 Å². The molecule has 13 heavy (non-hydrogen) atoms. The number of carbonyl (C=O) groups excluding carboxylic acids is 2. The van der Waals surface area contributed by atoms with Crippen molar-refractivity contribution in [2.75, 3.05) is 13.7 Å². The average Bonchev–Trinajstić information content (AvgIpc) is 2.13. The van der Waals surface area contributed by atoms with Crippen molar-refractivity contribution in [2.45, 2.75) is 25.8 Å². The third-order valence-electron chi connectivity index (χ3n) is 1.63. The van der Waals surface area contributed by atoms with Crippen molar-refractivity contribution in [3.63, 3.8) is 0 Å². The topological polar surface area (TPSA) is 83.0 Å². The van der Waals surface area contributed by atoms with Crippen LogP contribution in [0.1, 0.15) is 19.8 Å². The second-order valence-corrected chi connectivity index (χ2v) is 2.71. The van der Waals surface area contributed by atoms with Crippen molar-refractivity contribution >= 4 is 11.9 Å². The Kier molecular flexibility index (Phi) is 5.88. The third-order valence-corrected chi connectivity index (χ3v) is 1.63. The first-order valence-electron chi connectivity index (χ1n) is 4.29. The largest absolute Gasteiger partial charge is 0.465 e. The lowest BCUT2D eigenvalue weighted by molar-refractivity contribution is -0.409. The van der Waals surface area contributed by atoms with Crippen molar-refractivity contribution in [2.24, 2.45) is 0 Å². The smallest absolute Gasteiger partial charge is 0.364 e. The van der Waals surface area contributed by atoms with Crippen LogP contribution in [0.5, 0.6) is 0 Å². The minimum Gasteiger partial charge on any atom is -0.465 e. The first-order valence-corrected chi connectivity index (χ1v) is 4.29. The molecule has 5 nitrogen and oxygen atoms in total. The fraction of sp³-hybridized carbons (Fsp3) is 0.750. The maximum atomic E-state index is 11.0. The molecule has 0 aromatic rings. The maximum Gasteiger partial charge on any atom is 0.364 e. The van der Waals surface area contributed by atoms with Gasteiger partial charge in [-0.1, -0.05) is 0 Å². The van der Waals surface area contributed by atoms with Gasteiger partial charge >= 0.3 is 5.97 Å². The van der Waals surface area contributed by atoms with E-state index in [1.165, 1.54) is 7.11 Å². The Hall–Kier alpha value is -1.10. The predicted octanol–water partition coefficient (Wildman–Crippen LogP) is -1.31. The van der Waals surface area contributed by atoms with E-state index >= 15 is 0 Å². The molecular weight excluding hydrogens is 172 g/mol. The van der Waals surface area contributed by atoms with E-state index in [1.807, 2.05) is 6.92 Å². The molecule has 0 rings (SSSR count). The zero-order chi connectivity index (χ0) is 10.3. The molecule has 0 aromatic heterocycles. The summed E-state index contributed by atoms with van der Waals surface area (Å²) in [5.74, 6) is -0.427. The fourth-order valence-electron chi connectivity index (χ4n) is 0.875. The average molecular weight is 189 g/mol. The first-order chi connectivity index (χ1) is 6.11. The van der Waals surface area contributed by atoms with Crippen LogP contribution in [0.2, 0.25) is 0 Å². The van der Waals surface area contributed by atoms with Gasteiger partial charge in [0.1, 0.15) is 0 Å². The van der Waals surface area contributed by atoms with E-state index in [4.69, 9.17) is 0 Å². The number of quaternary nitrogens is 1. The number of amides is 1. The van der Waals surface area contributed by atoms with E-state index < -0.39 is 6.04 Å². The summed E-state index contributed by atoms with van der Waals surface area (Å²) in [5.41, 5.74) is 3.59. The Bertz CT molecular complexity index is 182. The van der Waals surface area contributed by atoms with Gasteiger partial charge in [0.05, 0.1) is 7.11 Å². The highest BCUT2D eigenvalue weighted by Gasteiger charge is 2.18. The van der Waals surface area contributed by atoms with Gasteiger partial charge in [0.2, 0.25) is 5.91 Å². The molecule has 1 unspecified atom stereocenters. The summed E-state index contributed by atoms with van der Waals surface area (Å²) in [7, 11) is 1.31. The highest BCUT2D eigenvalue weighted by Crippen LogP contribution is 1.94. The molecule has 0 saturated carbocycles. The van der Waals surface area contributed by atoms with Crippen molar-refractivity contribution in [1.82, 2.24) is 5.32 Å². The molecule has 0 bridgehead atoms. The normalized spacial score (nSPS) is 11.9. The fourth-order valence-corrected chi connectivity index (χ4v) is 0.875. The zero-order valence-corrected chi connectivity index (χ0v) is 8.13. The highest BCUT2D eigenvalue weighted by atomic mass is 16.5. The standard InChI is InChI=1S/C8H16N2O3/c1-3-10-7(11)5-4-6(9)8(12)13-2/h6H,3-5,9H2,1-2H3,(H,10,11)/p+1. The Balaban J connectivity index is 3.63. The Labute approximate surface area is 77.6 Å². The minimum atomic E-state index is -0.451. The molecule has 0 heterocycles. The van der Waals surface area contributed by atoms with E-state index in [9.17, 15) is 9.59 Å². The lowest BCUT2D eigenvalue weighted by atomic mass is 10.1. The molecule has 4 N–H and O–H groups in total. The van der Waals surface area contributed by atoms with Crippen LogP contribution in [-0.2, 0) is 14.3 Å². The Morgan fingerprint density at radius 2 is 2.15 bits per heavy atom. The van der Waals surface area contributed by atoms with Crippen LogP contribution in [0.15, 0.2) is 0 Å². The molecule has 0 aliphatic carbocycles. The predicted molar refractivity (Wildman–Crippen MR) is 46.6 cm³/mol. The van der Waals surface area contributed by atoms with Crippen molar-refractivity contribution in [3.8, 4) is 0 Å². The quantitative estimate of drug-likeness (QED) is 0.526. The first kappa shape index (κ1) is 11.9. The summed E-state index contributed by atoms with van der Waals surface area (Å²) in [6.45, 7) is 2.46. The Morgan fingerprint density at radius 1 is 1.54 bits per heavy atom. The van der Waals surface area contributed by atoms with Crippen LogP contribution in [0.4, 0.5) is 0 Å². The SMILES string of the molecule is CCNC(=O)CCC([NH3+])C(=O)OC. The lowest BCUT2D eigenvalue weighted by Gasteiger charge is -2.05. The zero-order valence-electron chi connectivity index (χ0n) is 8.13. The summed E-state index contributed by atoms with van der Waals surface area (Å²) in [6.07, 6.45) is 0.746. The Morgan fingerprint density at radius 3 is 2.62 bits per heavy atom. The molecule has 0 radical (unpaired) electrons. The summed E-state index contributed by atoms with van der Waals surface area (Å²) in [5, 5.41) is 2.64. The van der Waals surface area contributed by atoms with Crippen LogP contribution in [-0.4, -0.2) is 31.6 Å². The molecule has 0 aromatic carbocycles. The van der Waals surface area contributed by atoms with Gasteiger partial charge in [-0.05, 0) is 6.92 Å². The minimum absolute atomic E-state index is 0.0555. The van der Waals surface area contributed by atoms with Crippen LogP contribution in [0.25, 0.3) is 0 Å². The number of ether oxygens (including phenoxy) is 1. The molecule has 1 amide bonds. The monoisotopic (exact) mass is 189 g/mol. The maximum absolute atomic E-state index is 11.0. The van der Waals surface area contributed by atoms with Crippen LogP contribution in [0, 0.1) is 0 Å². The molecular formula is C8H17N2O3+. The molecule has 0 aliphatic heterocycles. The number of nitrogens with one attached hydrogen (secondary N) is 1. The molecule has 0 spiro atoms. The van der Waals surface area contributed by atoms with Gasteiger partial charge in [-0.3, -0.25) is 4.79 Å². The number of methoxy groups -OCH3 is 1. The van der Waals surface area contributed by atoms with Gasteiger partial charge < -0.3 is 15.8 Å². The lowest BCUT2D eigenvalue weighted by Crippen LogP contribution is -2.65. The van der Waals surface area contributed by atoms with Crippen LogP contribution in [0.3, 0.4) is 0 Å². The van der Waals surface area contributed by atoms with E-state index in [2.05, 4.69) is 15.8 Å². The van der Waals surface area contributed by atoms with E-state index in [0.29, 0.717) is 19.4 Å².